The second-order valence-corrected chi connectivity index (χ2v) is 8.74. The number of hydrogen-bond acceptors (Lipinski definition) is 7. The number of carbonyl (C=O) groups is 1. The van der Waals surface area contributed by atoms with Crippen molar-refractivity contribution in [3.05, 3.63) is 70.7 Å². The summed E-state index contributed by atoms with van der Waals surface area (Å²) in [6.07, 6.45) is 0. The molecule has 1 N–H and O–H groups in total. The van der Waals surface area contributed by atoms with E-state index in [4.69, 9.17) is 13.8 Å². The van der Waals surface area contributed by atoms with Gasteiger partial charge in [0.1, 0.15) is 18.1 Å². The summed E-state index contributed by atoms with van der Waals surface area (Å²) in [5, 5.41) is 12.7. The van der Waals surface area contributed by atoms with Gasteiger partial charge in [-0.1, -0.05) is 55.4 Å². The van der Waals surface area contributed by atoms with E-state index in [1.165, 1.54) is 0 Å². The summed E-state index contributed by atoms with van der Waals surface area (Å²) in [6.45, 7) is 10.1. The molecule has 0 bridgehead atoms. The minimum Gasteiger partial charge on any atom is -0.488 e. The quantitative estimate of drug-likeness (QED) is 0.472. The SMILES string of the molecule is Cc1noc(C)c1COc1cc2ccccc2cc1C(=O)NCc1noc(C(C)(C)C)n1. The number of nitrogens with one attached hydrogen (secondary N) is 1. The van der Waals surface area contributed by atoms with Gasteiger partial charge in [0.15, 0.2) is 5.82 Å². The summed E-state index contributed by atoms with van der Waals surface area (Å²) in [4.78, 5) is 17.4. The zero-order chi connectivity index (χ0) is 22.9. The van der Waals surface area contributed by atoms with E-state index in [9.17, 15) is 4.79 Å². The molecule has 8 nitrogen and oxygen atoms in total. The molecule has 1 amide bonds. The third-order valence-corrected chi connectivity index (χ3v) is 5.16. The van der Waals surface area contributed by atoms with Crippen LogP contribution in [0.5, 0.6) is 5.75 Å². The van der Waals surface area contributed by atoms with Gasteiger partial charge in [-0.25, -0.2) is 0 Å². The lowest BCUT2D eigenvalue weighted by atomic mass is 9.97. The Bertz CT molecular complexity index is 1250. The Morgan fingerprint density at radius 2 is 1.78 bits per heavy atom. The first kappa shape index (κ1) is 21.5. The van der Waals surface area contributed by atoms with Gasteiger partial charge >= 0.3 is 0 Å². The fraction of sp³-hybridized carbons (Fsp3) is 0.333. The smallest absolute Gasteiger partial charge is 0.255 e. The van der Waals surface area contributed by atoms with Crippen LogP contribution in [-0.4, -0.2) is 21.2 Å². The molecule has 2 aromatic heterocycles. The fourth-order valence-electron chi connectivity index (χ4n) is 3.26. The summed E-state index contributed by atoms with van der Waals surface area (Å²) in [5.74, 6) is 1.83. The van der Waals surface area contributed by atoms with Crippen molar-refractivity contribution < 1.29 is 18.6 Å². The van der Waals surface area contributed by atoms with Crippen molar-refractivity contribution in [1.29, 1.82) is 0 Å². The van der Waals surface area contributed by atoms with Crippen LogP contribution in [0.15, 0.2) is 45.4 Å². The van der Waals surface area contributed by atoms with E-state index in [0.29, 0.717) is 28.8 Å². The first-order chi connectivity index (χ1) is 15.2. The number of amides is 1. The molecule has 0 saturated heterocycles. The molecular formula is C24H26N4O4. The van der Waals surface area contributed by atoms with Crippen LogP contribution in [0.4, 0.5) is 0 Å². The Labute approximate surface area is 185 Å². The van der Waals surface area contributed by atoms with Crippen molar-refractivity contribution in [3.63, 3.8) is 0 Å². The molecule has 0 atom stereocenters. The van der Waals surface area contributed by atoms with Crippen molar-refractivity contribution in [2.75, 3.05) is 0 Å². The Kier molecular flexibility index (Phi) is 5.69. The number of aryl methyl sites for hydroxylation is 2. The molecule has 2 heterocycles. The highest BCUT2D eigenvalue weighted by Crippen LogP contribution is 2.28. The minimum atomic E-state index is -0.286. The van der Waals surface area contributed by atoms with Gasteiger partial charge in [0.2, 0.25) is 5.89 Å². The van der Waals surface area contributed by atoms with Gasteiger partial charge in [-0.3, -0.25) is 4.79 Å². The number of benzene rings is 2. The number of ether oxygens (including phenoxy) is 1. The van der Waals surface area contributed by atoms with E-state index in [1.54, 1.807) is 0 Å². The first-order valence-corrected chi connectivity index (χ1v) is 10.4. The van der Waals surface area contributed by atoms with Crippen LogP contribution in [0.25, 0.3) is 10.8 Å². The molecule has 0 saturated carbocycles. The van der Waals surface area contributed by atoms with Crippen LogP contribution in [0.3, 0.4) is 0 Å². The molecule has 32 heavy (non-hydrogen) atoms. The summed E-state index contributed by atoms with van der Waals surface area (Å²) in [6, 6.07) is 11.5. The van der Waals surface area contributed by atoms with E-state index in [2.05, 4.69) is 20.6 Å². The molecule has 166 valence electrons. The van der Waals surface area contributed by atoms with Gasteiger partial charge in [-0.2, -0.15) is 4.98 Å². The maximum absolute atomic E-state index is 13.1. The second-order valence-electron chi connectivity index (χ2n) is 8.74. The lowest BCUT2D eigenvalue weighted by Crippen LogP contribution is -2.24. The third-order valence-electron chi connectivity index (χ3n) is 5.16. The van der Waals surface area contributed by atoms with Gasteiger partial charge in [-0.15, -0.1) is 0 Å². The average molecular weight is 434 g/mol. The van der Waals surface area contributed by atoms with Gasteiger partial charge in [-0.05, 0) is 36.8 Å². The summed E-state index contributed by atoms with van der Waals surface area (Å²) in [7, 11) is 0. The highest BCUT2D eigenvalue weighted by molar-refractivity contribution is 6.01. The monoisotopic (exact) mass is 434 g/mol. The molecular weight excluding hydrogens is 408 g/mol. The predicted molar refractivity (Wildman–Crippen MR) is 118 cm³/mol. The standard InChI is InChI=1S/C24H26N4O4/c1-14-19(15(2)31-27-14)13-30-20-11-17-9-7-6-8-16(17)10-18(20)22(29)25-12-21-26-23(32-28-21)24(3,4)5/h6-11H,12-13H2,1-5H3,(H,25,29). The number of carbonyl (C=O) groups excluding carboxylic acids is 1. The normalized spacial score (nSPS) is 11.7. The molecule has 2 aromatic carbocycles. The van der Waals surface area contributed by atoms with Crippen LogP contribution in [-0.2, 0) is 18.6 Å². The lowest BCUT2D eigenvalue weighted by Gasteiger charge is -2.13. The molecule has 0 unspecified atom stereocenters. The van der Waals surface area contributed by atoms with E-state index >= 15 is 0 Å². The van der Waals surface area contributed by atoms with Gasteiger partial charge in [0.05, 0.1) is 23.4 Å². The van der Waals surface area contributed by atoms with E-state index in [1.807, 2.05) is 71.0 Å². The Morgan fingerprint density at radius 1 is 1.06 bits per heavy atom. The van der Waals surface area contributed by atoms with E-state index in [0.717, 1.165) is 22.0 Å². The largest absolute Gasteiger partial charge is 0.488 e. The van der Waals surface area contributed by atoms with Crippen molar-refractivity contribution in [3.8, 4) is 5.75 Å². The molecule has 8 heteroatoms. The number of hydrogen-bond donors (Lipinski definition) is 1. The first-order valence-electron chi connectivity index (χ1n) is 10.4. The number of rotatable bonds is 6. The maximum Gasteiger partial charge on any atom is 0.255 e. The van der Waals surface area contributed by atoms with Gasteiger partial charge in [0, 0.05) is 5.41 Å². The second kappa shape index (κ2) is 8.45. The minimum absolute atomic E-state index is 0.147. The van der Waals surface area contributed by atoms with Crippen molar-refractivity contribution in [2.24, 2.45) is 0 Å². The molecule has 0 radical (unpaired) electrons. The third kappa shape index (κ3) is 4.49. The van der Waals surface area contributed by atoms with Crippen molar-refractivity contribution in [2.45, 2.75) is 53.2 Å². The molecule has 0 aliphatic carbocycles. The predicted octanol–water partition coefficient (Wildman–Crippen LogP) is 4.63. The number of aromatic nitrogens is 3. The zero-order valence-electron chi connectivity index (χ0n) is 18.9. The number of nitrogens with zero attached hydrogens (tertiary/aromatic N) is 3. The lowest BCUT2D eigenvalue weighted by molar-refractivity contribution is 0.0945. The van der Waals surface area contributed by atoms with Crippen molar-refractivity contribution in [1.82, 2.24) is 20.6 Å². The summed E-state index contributed by atoms with van der Waals surface area (Å²) in [5.41, 5.74) is 1.80. The molecule has 0 aliphatic heterocycles. The zero-order valence-corrected chi connectivity index (χ0v) is 18.9. The Morgan fingerprint density at radius 3 is 2.41 bits per heavy atom. The van der Waals surface area contributed by atoms with Gasteiger partial charge in [0.25, 0.3) is 5.91 Å². The summed E-state index contributed by atoms with van der Waals surface area (Å²) < 4.78 is 16.6. The van der Waals surface area contributed by atoms with Crippen LogP contribution < -0.4 is 10.1 Å². The number of fused-ring (bicyclic) bond motifs is 1. The topological polar surface area (TPSA) is 103 Å². The van der Waals surface area contributed by atoms with Crippen LogP contribution in [0, 0.1) is 13.8 Å². The average Bonchev–Trinajstić information content (AvgIpc) is 3.36. The fourth-order valence-corrected chi connectivity index (χ4v) is 3.26. The summed E-state index contributed by atoms with van der Waals surface area (Å²) >= 11 is 0. The molecule has 0 fully saturated rings. The van der Waals surface area contributed by atoms with Crippen molar-refractivity contribution >= 4 is 16.7 Å². The highest BCUT2D eigenvalue weighted by Gasteiger charge is 2.22. The maximum atomic E-state index is 13.1. The molecule has 4 aromatic rings. The van der Waals surface area contributed by atoms with Gasteiger partial charge < -0.3 is 19.1 Å². The molecule has 4 rings (SSSR count). The van der Waals surface area contributed by atoms with E-state index in [-0.39, 0.29) is 24.5 Å². The molecule has 0 aliphatic rings. The van der Waals surface area contributed by atoms with Crippen LogP contribution in [0.1, 0.15) is 59.9 Å². The molecule has 0 spiro atoms. The highest BCUT2D eigenvalue weighted by atomic mass is 16.5. The van der Waals surface area contributed by atoms with Crippen LogP contribution in [0.2, 0.25) is 0 Å². The Balaban J connectivity index is 1.57. The Hall–Kier alpha value is -3.68. The van der Waals surface area contributed by atoms with E-state index < -0.39 is 0 Å². The van der Waals surface area contributed by atoms with Crippen LogP contribution >= 0.6 is 0 Å².